The zero-order chi connectivity index (χ0) is 16.5. The highest BCUT2D eigenvalue weighted by molar-refractivity contribution is 5.40. The average molecular weight is 318 g/mol. The van der Waals surface area contributed by atoms with E-state index in [2.05, 4.69) is 47.0 Å². The number of rotatable bonds is 5. The number of nitrogens with one attached hydrogen (secondary N) is 1. The summed E-state index contributed by atoms with van der Waals surface area (Å²) < 4.78 is 0. The molecule has 0 amide bonds. The Balaban J connectivity index is 1.71. The summed E-state index contributed by atoms with van der Waals surface area (Å²) in [6, 6.07) is 8.56. The Morgan fingerprint density at radius 1 is 1.21 bits per heavy atom. The molecule has 2 heterocycles. The molecule has 0 saturated heterocycles. The summed E-state index contributed by atoms with van der Waals surface area (Å²) >= 11 is 0. The summed E-state index contributed by atoms with van der Waals surface area (Å²) in [7, 11) is 0. The van der Waals surface area contributed by atoms with Gasteiger partial charge in [0, 0.05) is 42.0 Å². The molecule has 0 radical (unpaired) electrons. The molecule has 1 fully saturated rings. The van der Waals surface area contributed by atoms with Gasteiger partial charge in [0.05, 0.1) is 6.33 Å². The third-order valence-corrected chi connectivity index (χ3v) is 5.00. The van der Waals surface area contributed by atoms with Crippen molar-refractivity contribution in [1.82, 2.24) is 19.9 Å². The monoisotopic (exact) mass is 318 g/mol. The number of benzene rings is 1. The molecule has 1 aliphatic carbocycles. The molecule has 0 bridgehead atoms. The molecule has 3 aromatic rings. The van der Waals surface area contributed by atoms with E-state index in [1.54, 1.807) is 6.33 Å². The van der Waals surface area contributed by atoms with Crippen molar-refractivity contribution in [3.05, 3.63) is 76.9 Å². The van der Waals surface area contributed by atoms with Gasteiger partial charge in [-0.2, -0.15) is 0 Å². The number of hydrogen-bond donors (Lipinski definition) is 1. The number of hydrogen-bond acceptors (Lipinski definition) is 3. The highest BCUT2D eigenvalue weighted by Gasteiger charge is 2.27. The van der Waals surface area contributed by atoms with E-state index in [4.69, 9.17) is 4.98 Å². The molecule has 2 aromatic heterocycles. The van der Waals surface area contributed by atoms with Gasteiger partial charge in [-0.05, 0) is 49.4 Å². The molecule has 0 aliphatic heterocycles. The van der Waals surface area contributed by atoms with Gasteiger partial charge in [-0.1, -0.05) is 18.2 Å². The SMILES string of the molecule is Cc1cccc([C@H](Cc2ccnc(C3CC3)n2)c2cnc[nH]2)c1C. The molecule has 1 atom stereocenters. The maximum atomic E-state index is 4.82. The Morgan fingerprint density at radius 3 is 2.83 bits per heavy atom. The van der Waals surface area contributed by atoms with Gasteiger partial charge in [-0.3, -0.25) is 0 Å². The minimum atomic E-state index is 0.231. The van der Waals surface area contributed by atoms with Gasteiger partial charge in [-0.15, -0.1) is 0 Å². The molecular formula is C20H22N4. The predicted molar refractivity (Wildman–Crippen MR) is 94.1 cm³/mol. The van der Waals surface area contributed by atoms with Crippen LogP contribution in [-0.2, 0) is 6.42 Å². The second-order valence-electron chi connectivity index (χ2n) is 6.73. The first kappa shape index (κ1) is 15.1. The molecule has 0 spiro atoms. The van der Waals surface area contributed by atoms with E-state index < -0.39 is 0 Å². The molecule has 24 heavy (non-hydrogen) atoms. The van der Waals surface area contributed by atoms with Crippen LogP contribution >= 0.6 is 0 Å². The highest BCUT2D eigenvalue weighted by atomic mass is 14.9. The van der Waals surface area contributed by atoms with Crippen LogP contribution in [0, 0.1) is 13.8 Å². The third kappa shape index (κ3) is 2.96. The summed E-state index contributed by atoms with van der Waals surface area (Å²) in [6.07, 6.45) is 8.89. The largest absolute Gasteiger partial charge is 0.348 e. The number of aromatic amines is 1. The topological polar surface area (TPSA) is 54.5 Å². The van der Waals surface area contributed by atoms with Gasteiger partial charge in [0.25, 0.3) is 0 Å². The quantitative estimate of drug-likeness (QED) is 0.771. The minimum Gasteiger partial charge on any atom is -0.348 e. The van der Waals surface area contributed by atoms with Crippen LogP contribution in [0.1, 0.15) is 58.6 Å². The van der Waals surface area contributed by atoms with Crippen molar-refractivity contribution in [2.24, 2.45) is 0 Å². The molecule has 1 aliphatic rings. The summed E-state index contributed by atoms with van der Waals surface area (Å²) in [6.45, 7) is 4.36. The summed E-state index contributed by atoms with van der Waals surface area (Å²) in [4.78, 5) is 16.8. The van der Waals surface area contributed by atoms with Gasteiger partial charge in [0.15, 0.2) is 0 Å². The fourth-order valence-electron chi connectivity index (χ4n) is 3.27. The van der Waals surface area contributed by atoms with Crippen LogP contribution in [0.15, 0.2) is 43.0 Å². The maximum Gasteiger partial charge on any atom is 0.131 e. The molecule has 4 rings (SSSR count). The zero-order valence-corrected chi connectivity index (χ0v) is 14.2. The van der Waals surface area contributed by atoms with E-state index in [0.717, 1.165) is 23.6 Å². The Hall–Kier alpha value is -2.49. The molecular weight excluding hydrogens is 296 g/mol. The van der Waals surface area contributed by atoms with E-state index in [1.807, 2.05) is 18.5 Å². The van der Waals surface area contributed by atoms with E-state index in [-0.39, 0.29) is 5.92 Å². The van der Waals surface area contributed by atoms with Gasteiger partial charge in [-0.25, -0.2) is 15.0 Å². The summed E-state index contributed by atoms with van der Waals surface area (Å²) in [5.41, 5.74) is 6.24. The van der Waals surface area contributed by atoms with Gasteiger partial charge in [0.2, 0.25) is 0 Å². The van der Waals surface area contributed by atoms with E-state index >= 15 is 0 Å². The molecule has 1 saturated carbocycles. The highest BCUT2D eigenvalue weighted by Crippen LogP contribution is 2.38. The smallest absolute Gasteiger partial charge is 0.131 e. The van der Waals surface area contributed by atoms with Crippen molar-refractivity contribution in [2.75, 3.05) is 0 Å². The van der Waals surface area contributed by atoms with Crippen LogP contribution in [0.25, 0.3) is 0 Å². The van der Waals surface area contributed by atoms with Crippen molar-refractivity contribution < 1.29 is 0 Å². The zero-order valence-electron chi connectivity index (χ0n) is 14.2. The molecule has 0 unspecified atom stereocenters. The first-order valence-electron chi connectivity index (χ1n) is 8.58. The van der Waals surface area contributed by atoms with E-state index in [1.165, 1.54) is 29.5 Å². The van der Waals surface area contributed by atoms with Gasteiger partial charge >= 0.3 is 0 Å². The number of imidazole rings is 1. The second-order valence-corrected chi connectivity index (χ2v) is 6.73. The Bertz CT molecular complexity index is 835. The lowest BCUT2D eigenvalue weighted by Crippen LogP contribution is -2.10. The van der Waals surface area contributed by atoms with Crippen LogP contribution in [0.3, 0.4) is 0 Å². The van der Waals surface area contributed by atoms with Crippen molar-refractivity contribution in [2.45, 2.75) is 44.9 Å². The lowest BCUT2D eigenvalue weighted by Gasteiger charge is -2.19. The second kappa shape index (κ2) is 6.19. The summed E-state index contributed by atoms with van der Waals surface area (Å²) in [5, 5.41) is 0. The first-order chi connectivity index (χ1) is 11.7. The van der Waals surface area contributed by atoms with Crippen molar-refractivity contribution in [3.8, 4) is 0 Å². The fraction of sp³-hybridized carbons (Fsp3) is 0.350. The maximum absolute atomic E-state index is 4.82. The van der Waals surface area contributed by atoms with E-state index in [0.29, 0.717) is 5.92 Å². The lowest BCUT2D eigenvalue weighted by atomic mass is 9.87. The number of H-pyrrole nitrogens is 1. The first-order valence-corrected chi connectivity index (χ1v) is 8.58. The Kier molecular flexibility index (Phi) is 3.89. The fourth-order valence-corrected chi connectivity index (χ4v) is 3.27. The number of nitrogens with zero attached hydrogens (tertiary/aromatic N) is 3. The van der Waals surface area contributed by atoms with Crippen molar-refractivity contribution >= 4 is 0 Å². The van der Waals surface area contributed by atoms with Crippen LogP contribution < -0.4 is 0 Å². The normalized spacial score (nSPS) is 15.4. The van der Waals surface area contributed by atoms with Crippen LogP contribution in [0.2, 0.25) is 0 Å². The minimum absolute atomic E-state index is 0.231. The molecule has 4 nitrogen and oxygen atoms in total. The number of aromatic nitrogens is 4. The Morgan fingerprint density at radius 2 is 2.08 bits per heavy atom. The van der Waals surface area contributed by atoms with Crippen LogP contribution in [-0.4, -0.2) is 19.9 Å². The molecule has 1 N–H and O–H groups in total. The van der Waals surface area contributed by atoms with Gasteiger partial charge < -0.3 is 4.98 Å². The Labute approximate surface area is 142 Å². The predicted octanol–water partition coefficient (Wildman–Crippen LogP) is 4.07. The molecule has 4 heteroatoms. The molecule has 122 valence electrons. The van der Waals surface area contributed by atoms with Crippen molar-refractivity contribution in [3.63, 3.8) is 0 Å². The number of aryl methyl sites for hydroxylation is 1. The van der Waals surface area contributed by atoms with Crippen LogP contribution in [0.4, 0.5) is 0 Å². The van der Waals surface area contributed by atoms with Gasteiger partial charge in [0.1, 0.15) is 5.82 Å². The standard InChI is InChI=1S/C20H22N4/c1-13-4-3-5-17(14(13)2)18(19-11-21-12-23-19)10-16-8-9-22-20(24-16)15-6-7-15/h3-5,8-9,11-12,15,18H,6-7,10H2,1-2H3,(H,21,23)/t18-/m0/s1. The van der Waals surface area contributed by atoms with Crippen molar-refractivity contribution in [1.29, 1.82) is 0 Å². The third-order valence-electron chi connectivity index (χ3n) is 5.00. The summed E-state index contributed by atoms with van der Waals surface area (Å²) in [5.74, 6) is 1.82. The molecule has 1 aromatic carbocycles. The van der Waals surface area contributed by atoms with E-state index in [9.17, 15) is 0 Å². The average Bonchev–Trinajstić information content (AvgIpc) is 3.31. The lowest BCUT2D eigenvalue weighted by molar-refractivity contribution is 0.740. The van der Waals surface area contributed by atoms with Crippen LogP contribution in [0.5, 0.6) is 0 Å².